The molecule has 0 amide bonds. The van der Waals surface area contributed by atoms with E-state index < -0.39 is 0 Å². The summed E-state index contributed by atoms with van der Waals surface area (Å²) in [5.41, 5.74) is 6.39. The first-order valence-electron chi connectivity index (χ1n) is 8.17. The zero-order valence-corrected chi connectivity index (χ0v) is 12.0. The van der Waals surface area contributed by atoms with E-state index in [9.17, 15) is 0 Å². The first kappa shape index (κ1) is 12.9. The van der Waals surface area contributed by atoms with Gasteiger partial charge in [-0.25, -0.2) is 0 Å². The van der Waals surface area contributed by atoms with Gasteiger partial charge in [-0.3, -0.25) is 0 Å². The van der Waals surface area contributed by atoms with Gasteiger partial charge < -0.3 is 11.1 Å². The molecule has 0 saturated heterocycles. The Kier molecular flexibility index (Phi) is 3.68. The van der Waals surface area contributed by atoms with Gasteiger partial charge in [0, 0.05) is 12.1 Å². The van der Waals surface area contributed by atoms with Crippen LogP contribution in [0.15, 0.2) is 0 Å². The third-order valence-corrected chi connectivity index (χ3v) is 5.65. The van der Waals surface area contributed by atoms with Gasteiger partial charge >= 0.3 is 0 Å². The molecule has 2 unspecified atom stereocenters. The number of hydrogen-bond acceptors (Lipinski definition) is 2. The summed E-state index contributed by atoms with van der Waals surface area (Å²) in [4.78, 5) is 0. The molecule has 0 radical (unpaired) electrons. The highest BCUT2D eigenvalue weighted by Gasteiger charge is 2.42. The second-order valence-corrected chi connectivity index (χ2v) is 7.41. The van der Waals surface area contributed by atoms with Crippen molar-refractivity contribution in [1.82, 2.24) is 5.32 Å². The summed E-state index contributed by atoms with van der Waals surface area (Å²) in [7, 11) is 0. The Morgan fingerprint density at radius 1 is 1.17 bits per heavy atom. The molecule has 3 fully saturated rings. The van der Waals surface area contributed by atoms with Gasteiger partial charge in [-0.15, -0.1) is 0 Å². The van der Waals surface area contributed by atoms with E-state index in [0.29, 0.717) is 0 Å². The van der Waals surface area contributed by atoms with E-state index in [4.69, 9.17) is 5.73 Å². The lowest BCUT2D eigenvalue weighted by Crippen LogP contribution is -2.55. The van der Waals surface area contributed by atoms with Gasteiger partial charge in [-0.1, -0.05) is 19.8 Å². The minimum Gasteiger partial charge on any atom is -0.329 e. The van der Waals surface area contributed by atoms with Crippen LogP contribution in [0.4, 0.5) is 0 Å². The highest BCUT2D eigenvalue weighted by molar-refractivity contribution is 4.98. The molecule has 0 aliphatic heterocycles. The number of rotatable bonds is 6. The van der Waals surface area contributed by atoms with E-state index >= 15 is 0 Å². The van der Waals surface area contributed by atoms with Gasteiger partial charge in [0.05, 0.1) is 0 Å². The quantitative estimate of drug-likeness (QED) is 0.760. The standard InChI is InChI=1S/C16H30N2/c1-12-3-2-8-16(9-12,11-17)18-10-15(13-4-5-13)14-6-7-14/h12-15,18H,2-11,17H2,1H3. The maximum absolute atomic E-state index is 6.11. The molecule has 0 spiro atoms. The van der Waals surface area contributed by atoms with Crippen LogP contribution in [-0.4, -0.2) is 18.6 Å². The first-order chi connectivity index (χ1) is 8.72. The van der Waals surface area contributed by atoms with Crippen molar-refractivity contribution < 1.29 is 0 Å². The Hall–Kier alpha value is -0.0800. The first-order valence-corrected chi connectivity index (χ1v) is 8.17. The lowest BCUT2D eigenvalue weighted by molar-refractivity contribution is 0.178. The summed E-state index contributed by atoms with van der Waals surface area (Å²) in [5, 5.41) is 3.93. The molecule has 2 heteroatoms. The molecule has 18 heavy (non-hydrogen) atoms. The molecule has 3 aliphatic carbocycles. The lowest BCUT2D eigenvalue weighted by atomic mass is 9.76. The predicted molar refractivity (Wildman–Crippen MR) is 76.4 cm³/mol. The average molecular weight is 250 g/mol. The summed E-state index contributed by atoms with van der Waals surface area (Å²) in [6.07, 6.45) is 11.3. The highest BCUT2D eigenvalue weighted by atomic mass is 15.0. The molecule has 0 aromatic rings. The number of nitrogens with one attached hydrogen (secondary N) is 1. The van der Waals surface area contributed by atoms with Crippen LogP contribution in [-0.2, 0) is 0 Å². The average Bonchev–Trinajstić information content (AvgIpc) is 3.23. The van der Waals surface area contributed by atoms with E-state index in [0.717, 1.165) is 30.2 Å². The molecule has 0 heterocycles. The van der Waals surface area contributed by atoms with Crippen LogP contribution >= 0.6 is 0 Å². The van der Waals surface area contributed by atoms with Crippen molar-refractivity contribution in [3.05, 3.63) is 0 Å². The highest BCUT2D eigenvalue weighted by Crippen LogP contribution is 2.49. The van der Waals surface area contributed by atoms with E-state index in [1.165, 1.54) is 57.9 Å². The van der Waals surface area contributed by atoms with Gasteiger partial charge in [0.1, 0.15) is 0 Å². The molecule has 2 nitrogen and oxygen atoms in total. The van der Waals surface area contributed by atoms with Gasteiger partial charge in [-0.2, -0.15) is 0 Å². The largest absolute Gasteiger partial charge is 0.329 e. The number of nitrogens with two attached hydrogens (primary N) is 1. The van der Waals surface area contributed by atoms with Crippen molar-refractivity contribution >= 4 is 0 Å². The van der Waals surface area contributed by atoms with Crippen molar-refractivity contribution in [3.63, 3.8) is 0 Å². The molecule has 0 bridgehead atoms. The summed E-state index contributed by atoms with van der Waals surface area (Å²) in [6.45, 7) is 4.48. The van der Waals surface area contributed by atoms with Crippen LogP contribution in [0.25, 0.3) is 0 Å². The fourth-order valence-corrected chi connectivity index (χ4v) is 4.18. The van der Waals surface area contributed by atoms with Crippen molar-refractivity contribution in [2.75, 3.05) is 13.1 Å². The fraction of sp³-hybridized carbons (Fsp3) is 1.00. The van der Waals surface area contributed by atoms with Gasteiger partial charge in [0.25, 0.3) is 0 Å². The van der Waals surface area contributed by atoms with Crippen molar-refractivity contribution in [2.45, 2.75) is 63.8 Å². The lowest BCUT2D eigenvalue weighted by Gasteiger charge is -2.41. The smallest absolute Gasteiger partial charge is 0.0306 e. The minimum atomic E-state index is 0.277. The number of hydrogen-bond donors (Lipinski definition) is 2. The third kappa shape index (κ3) is 2.91. The van der Waals surface area contributed by atoms with Crippen LogP contribution in [0, 0.1) is 23.7 Å². The van der Waals surface area contributed by atoms with Crippen LogP contribution in [0.2, 0.25) is 0 Å². The molecule has 0 aromatic carbocycles. The van der Waals surface area contributed by atoms with E-state index in [1.807, 2.05) is 0 Å². The molecule has 3 aliphatic rings. The van der Waals surface area contributed by atoms with Crippen molar-refractivity contribution in [1.29, 1.82) is 0 Å². The molecular formula is C16H30N2. The van der Waals surface area contributed by atoms with Crippen LogP contribution < -0.4 is 11.1 Å². The third-order valence-electron chi connectivity index (χ3n) is 5.65. The van der Waals surface area contributed by atoms with Crippen LogP contribution in [0.3, 0.4) is 0 Å². The van der Waals surface area contributed by atoms with E-state index in [2.05, 4.69) is 12.2 Å². The topological polar surface area (TPSA) is 38.0 Å². The van der Waals surface area contributed by atoms with E-state index in [-0.39, 0.29) is 5.54 Å². The molecule has 3 rings (SSSR count). The molecule has 104 valence electrons. The predicted octanol–water partition coefficient (Wildman–Crippen LogP) is 2.92. The Morgan fingerprint density at radius 3 is 2.33 bits per heavy atom. The van der Waals surface area contributed by atoms with Gasteiger partial charge in [0.15, 0.2) is 0 Å². The van der Waals surface area contributed by atoms with Crippen molar-refractivity contribution in [2.24, 2.45) is 29.4 Å². The maximum atomic E-state index is 6.11. The second kappa shape index (κ2) is 5.13. The Balaban J connectivity index is 1.55. The molecule has 3 N–H and O–H groups in total. The Morgan fingerprint density at radius 2 is 1.83 bits per heavy atom. The zero-order valence-electron chi connectivity index (χ0n) is 12.0. The summed E-state index contributed by atoms with van der Waals surface area (Å²) in [6, 6.07) is 0. The van der Waals surface area contributed by atoms with Crippen LogP contribution in [0.1, 0.15) is 58.3 Å². The summed E-state index contributed by atoms with van der Waals surface area (Å²) >= 11 is 0. The molecule has 2 atom stereocenters. The SMILES string of the molecule is CC1CCCC(CN)(NCC(C2CC2)C2CC2)C1. The monoisotopic (exact) mass is 250 g/mol. The Bertz CT molecular complexity index is 271. The van der Waals surface area contributed by atoms with Gasteiger partial charge in [0.2, 0.25) is 0 Å². The fourth-order valence-electron chi connectivity index (χ4n) is 4.18. The Labute approximate surface area is 112 Å². The molecule has 3 saturated carbocycles. The molecule has 0 aromatic heterocycles. The second-order valence-electron chi connectivity index (χ2n) is 7.41. The minimum absolute atomic E-state index is 0.277. The molecular weight excluding hydrogens is 220 g/mol. The zero-order chi connectivity index (χ0) is 12.6. The van der Waals surface area contributed by atoms with E-state index in [1.54, 1.807) is 0 Å². The van der Waals surface area contributed by atoms with Crippen LogP contribution in [0.5, 0.6) is 0 Å². The normalized spacial score (nSPS) is 37.2. The van der Waals surface area contributed by atoms with Gasteiger partial charge in [-0.05, 0) is 68.7 Å². The summed E-state index contributed by atoms with van der Waals surface area (Å²) < 4.78 is 0. The summed E-state index contributed by atoms with van der Waals surface area (Å²) in [5.74, 6) is 3.95. The van der Waals surface area contributed by atoms with Crippen molar-refractivity contribution in [3.8, 4) is 0 Å². The maximum Gasteiger partial charge on any atom is 0.0306 e.